The minimum absolute atomic E-state index is 0.0196. The molecule has 5 nitrogen and oxygen atoms in total. The van der Waals surface area contributed by atoms with E-state index in [4.69, 9.17) is 0 Å². The van der Waals surface area contributed by atoms with Gasteiger partial charge in [-0.15, -0.1) is 0 Å². The summed E-state index contributed by atoms with van der Waals surface area (Å²) in [5.41, 5.74) is 1.57. The molecule has 2 aromatic carbocycles. The first-order valence-electron chi connectivity index (χ1n) is 8.51. The number of benzene rings is 2. The topological polar surface area (TPSA) is 66.5 Å². The Hall–Kier alpha value is -2.25. The molecule has 1 unspecified atom stereocenters. The van der Waals surface area contributed by atoms with Gasteiger partial charge in [0, 0.05) is 19.5 Å². The number of sulfonamides is 1. The Morgan fingerprint density at radius 2 is 1.92 bits per heavy atom. The smallest absolute Gasteiger partial charge is 0.240 e. The SMILES string of the molecule is CCN1C(=O)CC(C)c2cc(CNS(=O)(=O)c3ccccc3)cc(F)c21. The van der Waals surface area contributed by atoms with Crippen molar-refractivity contribution in [1.82, 2.24) is 4.72 Å². The van der Waals surface area contributed by atoms with Gasteiger partial charge in [0.15, 0.2) is 0 Å². The van der Waals surface area contributed by atoms with Crippen molar-refractivity contribution in [2.24, 2.45) is 0 Å². The number of anilines is 1. The molecule has 3 rings (SSSR count). The van der Waals surface area contributed by atoms with Crippen LogP contribution < -0.4 is 9.62 Å². The van der Waals surface area contributed by atoms with Crippen molar-refractivity contribution >= 4 is 21.6 Å². The number of nitrogens with zero attached hydrogens (tertiary/aromatic N) is 1. The molecule has 2 aromatic rings. The first-order valence-corrected chi connectivity index (χ1v) is 9.99. The average Bonchev–Trinajstić information content (AvgIpc) is 2.62. The molecule has 0 spiro atoms. The van der Waals surface area contributed by atoms with Gasteiger partial charge in [0.05, 0.1) is 10.6 Å². The number of nitrogens with one attached hydrogen (secondary N) is 1. The molecule has 0 fully saturated rings. The van der Waals surface area contributed by atoms with Crippen LogP contribution in [0.4, 0.5) is 10.1 Å². The number of hydrogen-bond acceptors (Lipinski definition) is 3. The van der Waals surface area contributed by atoms with Crippen LogP contribution in [-0.2, 0) is 21.4 Å². The zero-order valence-electron chi connectivity index (χ0n) is 14.7. The van der Waals surface area contributed by atoms with Crippen molar-refractivity contribution in [1.29, 1.82) is 0 Å². The number of rotatable bonds is 5. The van der Waals surface area contributed by atoms with Crippen LogP contribution in [0.5, 0.6) is 0 Å². The lowest BCUT2D eigenvalue weighted by molar-refractivity contribution is -0.119. The van der Waals surface area contributed by atoms with Crippen LogP contribution in [0.3, 0.4) is 0 Å². The maximum atomic E-state index is 14.7. The zero-order chi connectivity index (χ0) is 18.9. The number of carbonyl (C=O) groups excluding carboxylic acids is 1. The quantitative estimate of drug-likeness (QED) is 0.872. The average molecular weight is 376 g/mol. The Labute approximate surface area is 152 Å². The van der Waals surface area contributed by atoms with Gasteiger partial charge in [-0.3, -0.25) is 4.79 Å². The van der Waals surface area contributed by atoms with E-state index in [0.29, 0.717) is 24.2 Å². The summed E-state index contributed by atoms with van der Waals surface area (Å²) in [5.74, 6) is -0.706. The van der Waals surface area contributed by atoms with Crippen molar-refractivity contribution in [3.05, 3.63) is 59.4 Å². The second-order valence-electron chi connectivity index (χ2n) is 6.40. The Kier molecular flexibility index (Phi) is 5.11. The van der Waals surface area contributed by atoms with E-state index in [1.807, 2.05) is 6.92 Å². The molecule has 1 N–H and O–H groups in total. The standard InChI is InChI=1S/C19H21FN2O3S/c1-3-22-18(23)9-13(2)16-10-14(11-17(20)19(16)22)12-21-26(24,25)15-7-5-4-6-8-15/h4-8,10-11,13,21H,3,9,12H2,1-2H3. The number of amides is 1. The molecular weight excluding hydrogens is 355 g/mol. The third kappa shape index (κ3) is 3.50. The van der Waals surface area contributed by atoms with Crippen molar-refractivity contribution in [3.63, 3.8) is 0 Å². The molecule has 1 heterocycles. The molecule has 0 radical (unpaired) electrons. The second-order valence-corrected chi connectivity index (χ2v) is 8.16. The molecule has 1 atom stereocenters. The highest BCUT2D eigenvalue weighted by atomic mass is 32.2. The number of halogens is 1. The fraction of sp³-hybridized carbons (Fsp3) is 0.316. The molecule has 0 bridgehead atoms. The first kappa shape index (κ1) is 18.5. The predicted octanol–water partition coefficient (Wildman–Crippen LogP) is 3.16. The van der Waals surface area contributed by atoms with Gasteiger partial charge < -0.3 is 4.90 Å². The molecule has 138 valence electrons. The molecule has 1 aliphatic heterocycles. The predicted molar refractivity (Wildman–Crippen MR) is 97.9 cm³/mol. The van der Waals surface area contributed by atoms with Gasteiger partial charge in [-0.05, 0) is 42.2 Å². The van der Waals surface area contributed by atoms with E-state index < -0.39 is 15.8 Å². The highest BCUT2D eigenvalue weighted by molar-refractivity contribution is 7.89. The van der Waals surface area contributed by atoms with Gasteiger partial charge in [-0.25, -0.2) is 17.5 Å². The highest BCUT2D eigenvalue weighted by Crippen LogP contribution is 2.38. The summed E-state index contributed by atoms with van der Waals surface area (Å²) in [5, 5.41) is 0. The maximum absolute atomic E-state index is 14.7. The summed E-state index contributed by atoms with van der Waals surface area (Å²) in [6.45, 7) is 4.06. The monoisotopic (exact) mass is 376 g/mol. The van der Waals surface area contributed by atoms with E-state index >= 15 is 0 Å². The Balaban J connectivity index is 1.88. The Morgan fingerprint density at radius 1 is 1.23 bits per heavy atom. The van der Waals surface area contributed by atoms with Crippen molar-refractivity contribution in [3.8, 4) is 0 Å². The Morgan fingerprint density at radius 3 is 2.58 bits per heavy atom. The van der Waals surface area contributed by atoms with Gasteiger partial charge in [0.25, 0.3) is 0 Å². The van der Waals surface area contributed by atoms with Crippen molar-refractivity contribution in [2.75, 3.05) is 11.4 Å². The van der Waals surface area contributed by atoms with Crippen LogP contribution in [0, 0.1) is 5.82 Å². The van der Waals surface area contributed by atoms with E-state index in [1.54, 1.807) is 31.2 Å². The summed E-state index contributed by atoms with van der Waals surface area (Å²) in [6.07, 6.45) is 0.319. The lowest BCUT2D eigenvalue weighted by Gasteiger charge is -2.32. The van der Waals surface area contributed by atoms with Crippen molar-refractivity contribution in [2.45, 2.75) is 37.6 Å². The third-order valence-electron chi connectivity index (χ3n) is 4.57. The maximum Gasteiger partial charge on any atom is 0.240 e. The summed E-state index contributed by atoms with van der Waals surface area (Å²) in [7, 11) is -3.67. The van der Waals surface area contributed by atoms with Crippen molar-refractivity contribution < 1.29 is 17.6 Å². The van der Waals surface area contributed by atoms with Gasteiger partial charge in [0.2, 0.25) is 15.9 Å². The molecular formula is C19H21FN2O3S. The highest BCUT2D eigenvalue weighted by Gasteiger charge is 2.31. The third-order valence-corrected chi connectivity index (χ3v) is 5.99. The lowest BCUT2D eigenvalue weighted by Crippen LogP contribution is -2.37. The van der Waals surface area contributed by atoms with Crippen LogP contribution in [0.25, 0.3) is 0 Å². The van der Waals surface area contributed by atoms with E-state index in [9.17, 15) is 17.6 Å². The van der Waals surface area contributed by atoms with Crippen LogP contribution >= 0.6 is 0 Å². The van der Waals surface area contributed by atoms with Crippen LogP contribution in [0.2, 0.25) is 0 Å². The van der Waals surface area contributed by atoms with E-state index in [-0.39, 0.29) is 23.3 Å². The number of fused-ring (bicyclic) bond motifs is 1. The zero-order valence-corrected chi connectivity index (χ0v) is 15.5. The summed E-state index contributed by atoms with van der Waals surface area (Å²) >= 11 is 0. The van der Waals surface area contributed by atoms with Crippen LogP contribution in [-0.4, -0.2) is 20.9 Å². The van der Waals surface area contributed by atoms with E-state index in [1.165, 1.54) is 23.1 Å². The molecule has 0 aromatic heterocycles. The molecule has 0 saturated heterocycles. The number of hydrogen-bond donors (Lipinski definition) is 1. The minimum Gasteiger partial charge on any atom is -0.310 e. The molecule has 1 amide bonds. The number of carbonyl (C=O) groups is 1. The van der Waals surface area contributed by atoms with E-state index in [2.05, 4.69) is 4.72 Å². The summed E-state index contributed by atoms with van der Waals surface area (Å²) in [4.78, 5) is 13.7. The van der Waals surface area contributed by atoms with Gasteiger partial charge in [-0.1, -0.05) is 31.2 Å². The van der Waals surface area contributed by atoms with Gasteiger partial charge >= 0.3 is 0 Å². The minimum atomic E-state index is -3.67. The van der Waals surface area contributed by atoms with E-state index in [0.717, 1.165) is 5.56 Å². The molecule has 1 aliphatic rings. The lowest BCUT2D eigenvalue weighted by atomic mass is 9.89. The van der Waals surface area contributed by atoms with Crippen LogP contribution in [0.15, 0.2) is 47.4 Å². The van der Waals surface area contributed by atoms with Crippen LogP contribution in [0.1, 0.15) is 37.3 Å². The van der Waals surface area contributed by atoms with Gasteiger partial charge in [-0.2, -0.15) is 0 Å². The molecule has 26 heavy (non-hydrogen) atoms. The molecule has 7 heteroatoms. The summed E-state index contributed by atoms with van der Waals surface area (Å²) < 4.78 is 41.8. The first-order chi connectivity index (χ1) is 12.3. The Bertz CT molecular complexity index is 929. The summed E-state index contributed by atoms with van der Waals surface area (Å²) in [6, 6.07) is 11.1. The normalized spacial score (nSPS) is 17.3. The molecule has 0 saturated carbocycles. The fourth-order valence-electron chi connectivity index (χ4n) is 3.24. The fourth-order valence-corrected chi connectivity index (χ4v) is 4.28. The molecule has 0 aliphatic carbocycles. The largest absolute Gasteiger partial charge is 0.310 e. The second kappa shape index (κ2) is 7.17. The van der Waals surface area contributed by atoms with Gasteiger partial charge in [0.1, 0.15) is 5.82 Å².